The van der Waals surface area contributed by atoms with Gasteiger partial charge in [0.2, 0.25) is 12.1 Å². The van der Waals surface area contributed by atoms with Gasteiger partial charge in [-0.1, -0.05) is 0 Å². The summed E-state index contributed by atoms with van der Waals surface area (Å²) < 4.78 is 24.8. The molecule has 0 unspecified atom stereocenters. The molecular formula is C12H19N5O4S. The average molecular weight is 329 g/mol. The summed E-state index contributed by atoms with van der Waals surface area (Å²) in [5.74, 6) is 0.896. The Morgan fingerprint density at radius 2 is 2.00 bits per heavy atom. The normalized spacial score (nSPS) is 25.5. The Balaban J connectivity index is 1.68. The largest absolute Gasteiger partial charge is 0.406 e. The number of aromatic nitrogens is 2. The van der Waals surface area contributed by atoms with Crippen molar-refractivity contribution in [3.63, 3.8) is 0 Å². The van der Waals surface area contributed by atoms with Crippen LogP contribution in [0.25, 0.3) is 0 Å². The molecule has 1 aromatic heterocycles. The first kappa shape index (κ1) is 15.2. The van der Waals surface area contributed by atoms with E-state index in [4.69, 9.17) is 0 Å². The van der Waals surface area contributed by atoms with Crippen molar-refractivity contribution in [3.05, 3.63) is 16.4 Å². The number of aryl methyl sites for hydroxylation is 1. The lowest BCUT2D eigenvalue weighted by atomic mass is 10.2. The van der Waals surface area contributed by atoms with E-state index in [1.807, 2.05) is 4.90 Å². The van der Waals surface area contributed by atoms with Gasteiger partial charge in [0.15, 0.2) is 9.84 Å². The standard InChI is InChI=1S/C12H19N5O4S/c1-14-9-13-11(17(18)19)12(14)16-5-3-15(4-6-16)10-2-7-22(20,21)8-10/h9-10H,2-8H2,1H3/t10-/m1/s1. The van der Waals surface area contributed by atoms with Crippen LogP contribution in [0.1, 0.15) is 6.42 Å². The van der Waals surface area contributed by atoms with Gasteiger partial charge in [0.25, 0.3) is 0 Å². The highest BCUT2D eigenvalue weighted by molar-refractivity contribution is 7.91. The molecule has 122 valence electrons. The summed E-state index contributed by atoms with van der Waals surface area (Å²) >= 11 is 0. The maximum Gasteiger partial charge on any atom is 0.406 e. The highest BCUT2D eigenvalue weighted by Crippen LogP contribution is 2.28. The first-order valence-electron chi connectivity index (χ1n) is 7.22. The molecule has 2 saturated heterocycles. The number of hydrogen-bond donors (Lipinski definition) is 0. The van der Waals surface area contributed by atoms with Crippen LogP contribution in [0, 0.1) is 10.1 Å². The monoisotopic (exact) mass is 329 g/mol. The maximum atomic E-state index is 11.6. The van der Waals surface area contributed by atoms with Gasteiger partial charge in [-0.2, -0.15) is 0 Å². The Morgan fingerprint density at radius 3 is 2.55 bits per heavy atom. The third-order valence-corrected chi connectivity index (χ3v) is 6.15. The van der Waals surface area contributed by atoms with Gasteiger partial charge in [0.1, 0.15) is 0 Å². The number of hydrogen-bond acceptors (Lipinski definition) is 7. The Labute approximate surface area is 128 Å². The molecule has 0 saturated carbocycles. The first-order chi connectivity index (χ1) is 10.4. The lowest BCUT2D eigenvalue weighted by molar-refractivity contribution is -0.388. The Hall–Kier alpha value is -1.68. The molecule has 0 amide bonds. The summed E-state index contributed by atoms with van der Waals surface area (Å²) in [6, 6.07) is 0.0914. The number of piperazine rings is 1. The molecule has 2 aliphatic rings. The minimum absolute atomic E-state index is 0.0914. The van der Waals surface area contributed by atoms with E-state index >= 15 is 0 Å². The van der Waals surface area contributed by atoms with Crippen LogP contribution in [0.3, 0.4) is 0 Å². The summed E-state index contributed by atoms with van der Waals surface area (Å²) in [6.07, 6.45) is 2.14. The minimum Gasteiger partial charge on any atom is -0.358 e. The molecule has 0 N–H and O–H groups in total. The highest BCUT2D eigenvalue weighted by Gasteiger charge is 2.35. The molecule has 0 aliphatic carbocycles. The van der Waals surface area contributed by atoms with Crippen molar-refractivity contribution in [2.24, 2.45) is 7.05 Å². The van der Waals surface area contributed by atoms with Gasteiger partial charge in [-0.25, -0.2) is 8.42 Å². The molecule has 0 radical (unpaired) electrons. The quantitative estimate of drug-likeness (QED) is 0.551. The third-order valence-electron chi connectivity index (χ3n) is 4.40. The molecule has 0 spiro atoms. The van der Waals surface area contributed by atoms with Crippen molar-refractivity contribution in [2.75, 3.05) is 42.6 Å². The zero-order valence-electron chi connectivity index (χ0n) is 12.4. The zero-order chi connectivity index (χ0) is 15.9. The van der Waals surface area contributed by atoms with Crippen molar-refractivity contribution in [1.82, 2.24) is 14.5 Å². The van der Waals surface area contributed by atoms with Crippen molar-refractivity contribution < 1.29 is 13.3 Å². The SMILES string of the molecule is Cn1cnc([N+](=O)[O-])c1N1CCN([C@@H]2CCS(=O)(=O)C2)CC1. The zero-order valence-corrected chi connectivity index (χ0v) is 13.2. The minimum atomic E-state index is -2.88. The van der Waals surface area contributed by atoms with E-state index in [2.05, 4.69) is 9.88 Å². The molecule has 0 aromatic carbocycles. The molecule has 3 rings (SSSR count). The Bertz CT molecular complexity index is 678. The van der Waals surface area contributed by atoms with Gasteiger partial charge in [-0.05, 0) is 16.3 Å². The summed E-state index contributed by atoms with van der Waals surface area (Å²) in [4.78, 5) is 18.6. The molecule has 3 heterocycles. The fraction of sp³-hybridized carbons (Fsp3) is 0.750. The van der Waals surface area contributed by atoms with Gasteiger partial charge in [-0.15, -0.1) is 0 Å². The summed E-state index contributed by atoms with van der Waals surface area (Å²) in [6.45, 7) is 2.69. The second-order valence-corrected chi connectivity index (χ2v) is 8.07. The van der Waals surface area contributed by atoms with Crippen molar-refractivity contribution in [2.45, 2.75) is 12.5 Å². The van der Waals surface area contributed by atoms with Gasteiger partial charge in [-0.3, -0.25) is 9.47 Å². The number of anilines is 1. The predicted octanol–water partition coefficient (Wildman–Crippen LogP) is -0.363. The first-order valence-corrected chi connectivity index (χ1v) is 9.04. The summed E-state index contributed by atoms with van der Waals surface area (Å²) in [5.41, 5.74) is 0. The molecule has 1 atom stereocenters. The molecule has 22 heavy (non-hydrogen) atoms. The smallest absolute Gasteiger partial charge is 0.358 e. The van der Waals surface area contributed by atoms with Gasteiger partial charge in [0.05, 0.1) is 11.5 Å². The molecular weight excluding hydrogens is 310 g/mol. The van der Waals surface area contributed by atoms with E-state index in [0.29, 0.717) is 38.4 Å². The van der Waals surface area contributed by atoms with E-state index in [0.717, 1.165) is 0 Å². The van der Waals surface area contributed by atoms with Crippen LogP contribution in [0.2, 0.25) is 0 Å². The number of rotatable bonds is 3. The van der Waals surface area contributed by atoms with Gasteiger partial charge >= 0.3 is 5.82 Å². The Morgan fingerprint density at radius 1 is 1.32 bits per heavy atom. The van der Waals surface area contributed by atoms with Gasteiger partial charge in [0, 0.05) is 39.3 Å². The van der Waals surface area contributed by atoms with E-state index in [-0.39, 0.29) is 23.4 Å². The summed E-state index contributed by atoms with van der Waals surface area (Å²) in [7, 11) is -1.14. The summed E-state index contributed by atoms with van der Waals surface area (Å²) in [5, 5.41) is 11.0. The predicted molar refractivity (Wildman–Crippen MR) is 80.7 cm³/mol. The molecule has 9 nitrogen and oxygen atoms in total. The molecule has 0 bridgehead atoms. The lowest BCUT2D eigenvalue weighted by Gasteiger charge is -2.38. The molecule has 2 aliphatic heterocycles. The van der Waals surface area contributed by atoms with E-state index < -0.39 is 14.8 Å². The van der Waals surface area contributed by atoms with Crippen LogP contribution >= 0.6 is 0 Å². The molecule has 2 fully saturated rings. The highest BCUT2D eigenvalue weighted by atomic mass is 32.2. The topological polar surface area (TPSA) is 102 Å². The van der Waals surface area contributed by atoms with Crippen LogP contribution < -0.4 is 4.90 Å². The van der Waals surface area contributed by atoms with E-state index in [1.165, 1.54) is 6.33 Å². The van der Waals surface area contributed by atoms with Crippen LogP contribution in [-0.4, -0.2) is 71.5 Å². The van der Waals surface area contributed by atoms with E-state index in [1.54, 1.807) is 11.6 Å². The van der Waals surface area contributed by atoms with Crippen LogP contribution in [0.4, 0.5) is 11.6 Å². The van der Waals surface area contributed by atoms with Crippen LogP contribution in [0.5, 0.6) is 0 Å². The number of imidazole rings is 1. The molecule has 10 heteroatoms. The maximum absolute atomic E-state index is 11.6. The van der Waals surface area contributed by atoms with Crippen LogP contribution in [0.15, 0.2) is 6.33 Å². The number of sulfone groups is 1. The number of nitro groups is 1. The van der Waals surface area contributed by atoms with Crippen molar-refractivity contribution in [3.8, 4) is 0 Å². The fourth-order valence-corrected chi connectivity index (χ4v) is 5.03. The number of nitrogens with zero attached hydrogens (tertiary/aromatic N) is 5. The lowest BCUT2D eigenvalue weighted by Crippen LogP contribution is -2.51. The van der Waals surface area contributed by atoms with Crippen molar-refractivity contribution >= 4 is 21.5 Å². The fourth-order valence-electron chi connectivity index (χ4n) is 3.27. The average Bonchev–Trinajstić information content (AvgIpc) is 3.02. The van der Waals surface area contributed by atoms with Crippen LogP contribution in [-0.2, 0) is 16.9 Å². The van der Waals surface area contributed by atoms with Gasteiger partial charge < -0.3 is 15.0 Å². The second kappa shape index (κ2) is 5.51. The molecule has 1 aromatic rings. The third kappa shape index (κ3) is 2.80. The van der Waals surface area contributed by atoms with Crippen molar-refractivity contribution in [1.29, 1.82) is 0 Å². The van der Waals surface area contributed by atoms with E-state index in [9.17, 15) is 18.5 Å². The Kier molecular flexibility index (Phi) is 3.81. The second-order valence-electron chi connectivity index (χ2n) is 5.84.